The van der Waals surface area contributed by atoms with E-state index in [1.807, 2.05) is 0 Å². The number of benzene rings is 1. The predicted octanol–water partition coefficient (Wildman–Crippen LogP) is 4.28. The minimum absolute atomic E-state index is 0.179. The summed E-state index contributed by atoms with van der Waals surface area (Å²) in [4.78, 5) is 14.6. The highest BCUT2D eigenvalue weighted by atomic mass is 19.4. The molecule has 0 saturated carbocycles. The van der Waals surface area contributed by atoms with Crippen LogP contribution in [0.25, 0.3) is 0 Å². The Bertz CT molecular complexity index is 873. The first-order valence-corrected chi connectivity index (χ1v) is 9.55. The number of alkyl halides is 3. The van der Waals surface area contributed by atoms with Crippen LogP contribution in [0.15, 0.2) is 24.3 Å². The van der Waals surface area contributed by atoms with E-state index in [9.17, 15) is 22.4 Å². The molecule has 150 valence electrons. The monoisotopic (exact) mass is 395 g/mol. The van der Waals surface area contributed by atoms with Crippen molar-refractivity contribution < 1.29 is 22.4 Å². The number of carbonyl (C=O) groups is 1. The van der Waals surface area contributed by atoms with E-state index in [2.05, 4.69) is 5.10 Å². The summed E-state index contributed by atoms with van der Waals surface area (Å²) in [5.74, 6) is -0.598. The molecule has 1 saturated heterocycles. The van der Waals surface area contributed by atoms with Crippen molar-refractivity contribution in [1.29, 1.82) is 0 Å². The molecular weight excluding hydrogens is 374 g/mol. The average Bonchev–Trinajstić information content (AvgIpc) is 3.28. The van der Waals surface area contributed by atoms with Gasteiger partial charge in [0, 0.05) is 17.8 Å². The SMILES string of the molecule is O=C(Cn1nc(C(F)(F)F)c2c1CCCC2)N1CCC[C@@H]1c1ccc(F)cc1. The highest BCUT2D eigenvalue weighted by Gasteiger charge is 2.40. The highest BCUT2D eigenvalue weighted by Crippen LogP contribution is 2.36. The van der Waals surface area contributed by atoms with Gasteiger partial charge in [0.1, 0.15) is 12.4 Å². The molecule has 1 amide bonds. The number of hydrogen-bond donors (Lipinski definition) is 0. The van der Waals surface area contributed by atoms with E-state index in [1.54, 1.807) is 17.0 Å². The quantitative estimate of drug-likeness (QED) is 0.728. The lowest BCUT2D eigenvalue weighted by atomic mass is 9.95. The van der Waals surface area contributed by atoms with Crippen LogP contribution in [0.1, 0.15) is 54.2 Å². The van der Waals surface area contributed by atoms with Gasteiger partial charge in [-0.3, -0.25) is 9.48 Å². The van der Waals surface area contributed by atoms with Crippen LogP contribution in [-0.4, -0.2) is 27.1 Å². The summed E-state index contributed by atoms with van der Waals surface area (Å²) in [6.45, 7) is 0.340. The lowest BCUT2D eigenvalue weighted by Crippen LogP contribution is -2.34. The number of likely N-dealkylation sites (tertiary alicyclic amines) is 1. The Hall–Kier alpha value is -2.38. The third-order valence-electron chi connectivity index (χ3n) is 5.64. The van der Waals surface area contributed by atoms with Gasteiger partial charge in [0.05, 0.1) is 6.04 Å². The second-order valence-corrected chi connectivity index (χ2v) is 7.43. The third kappa shape index (κ3) is 3.52. The van der Waals surface area contributed by atoms with E-state index in [0.29, 0.717) is 31.5 Å². The second kappa shape index (κ2) is 7.22. The van der Waals surface area contributed by atoms with E-state index >= 15 is 0 Å². The van der Waals surface area contributed by atoms with Crippen molar-refractivity contribution in [3.05, 3.63) is 52.6 Å². The van der Waals surface area contributed by atoms with Gasteiger partial charge < -0.3 is 4.90 Å². The highest BCUT2D eigenvalue weighted by molar-refractivity contribution is 5.77. The summed E-state index contributed by atoms with van der Waals surface area (Å²) in [6.07, 6.45) is -0.602. The van der Waals surface area contributed by atoms with E-state index in [-0.39, 0.29) is 29.9 Å². The maximum atomic E-state index is 13.3. The van der Waals surface area contributed by atoms with E-state index in [0.717, 1.165) is 24.8 Å². The van der Waals surface area contributed by atoms with Crippen molar-refractivity contribution in [2.75, 3.05) is 6.54 Å². The molecule has 4 rings (SSSR count). The largest absolute Gasteiger partial charge is 0.435 e. The van der Waals surface area contributed by atoms with Gasteiger partial charge in [-0.15, -0.1) is 0 Å². The molecule has 0 N–H and O–H groups in total. The van der Waals surface area contributed by atoms with Crippen LogP contribution < -0.4 is 0 Å². The zero-order valence-corrected chi connectivity index (χ0v) is 15.3. The first kappa shape index (κ1) is 19.0. The van der Waals surface area contributed by atoms with Crippen molar-refractivity contribution in [3.63, 3.8) is 0 Å². The van der Waals surface area contributed by atoms with Gasteiger partial charge in [0.15, 0.2) is 5.69 Å². The normalized spacial score (nSPS) is 19.7. The molecule has 0 spiro atoms. The van der Waals surface area contributed by atoms with Gasteiger partial charge >= 0.3 is 6.18 Å². The van der Waals surface area contributed by atoms with Crippen molar-refractivity contribution >= 4 is 5.91 Å². The Morgan fingerprint density at radius 1 is 1.11 bits per heavy atom. The maximum Gasteiger partial charge on any atom is 0.435 e. The number of halogens is 4. The summed E-state index contributed by atoms with van der Waals surface area (Å²) in [5, 5.41) is 3.78. The molecule has 1 aliphatic heterocycles. The molecule has 1 aliphatic carbocycles. The molecule has 1 fully saturated rings. The summed E-state index contributed by atoms with van der Waals surface area (Å²) in [6, 6.07) is 5.85. The van der Waals surface area contributed by atoms with Gasteiger partial charge in [-0.05, 0) is 56.2 Å². The lowest BCUT2D eigenvalue weighted by molar-refractivity contribution is -0.142. The van der Waals surface area contributed by atoms with Crippen LogP contribution in [-0.2, 0) is 30.4 Å². The van der Waals surface area contributed by atoms with Crippen LogP contribution >= 0.6 is 0 Å². The van der Waals surface area contributed by atoms with E-state index < -0.39 is 11.9 Å². The van der Waals surface area contributed by atoms with Crippen LogP contribution in [0.3, 0.4) is 0 Å². The minimum atomic E-state index is -4.51. The van der Waals surface area contributed by atoms with Gasteiger partial charge in [-0.1, -0.05) is 12.1 Å². The lowest BCUT2D eigenvalue weighted by Gasteiger charge is -2.25. The summed E-state index contributed by atoms with van der Waals surface area (Å²) < 4.78 is 54.5. The van der Waals surface area contributed by atoms with Crippen LogP contribution in [0.5, 0.6) is 0 Å². The van der Waals surface area contributed by atoms with Crippen molar-refractivity contribution in [1.82, 2.24) is 14.7 Å². The summed E-state index contributed by atoms with van der Waals surface area (Å²) in [7, 11) is 0. The van der Waals surface area contributed by atoms with Crippen molar-refractivity contribution in [2.24, 2.45) is 0 Å². The van der Waals surface area contributed by atoms with Crippen molar-refractivity contribution in [3.8, 4) is 0 Å². The standard InChI is InChI=1S/C20H21F4N3O/c21-14-9-7-13(8-10-14)16-6-3-11-26(16)18(28)12-27-17-5-2-1-4-15(17)19(25-27)20(22,23)24/h7-10,16H,1-6,11-12H2/t16-/m1/s1. The fraction of sp³-hybridized carbons (Fsp3) is 0.500. The molecule has 1 atom stereocenters. The van der Waals surface area contributed by atoms with Gasteiger partial charge in [0.25, 0.3) is 0 Å². The average molecular weight is 395 g/mol. The number of nitrogens with zero attached hydrogens (tertiary/aromatic N) is 3. The van der Waals surface area contributed by atoms with Crippen LogP contribution in [0.4, 0.5) is 17.6 Å². The maximum absolute atomic E-state index is 13.3. The summed E-state index contributed by atoms with van der Waals surface area (Å²) >= 11 is 0. The molecule has 4 nitrogen and oxygen atoms in total. The number of rotatable bonds is 3. The Morgan fingerprint density at radius 3 is 2.54 bits per heavy atom. The van der Waals surface area contributed by atoms with E-state index in [4.69, 9.17) is 0 Å². The molecule has 0 radical (unpaired) electrons. The number of fused-ring (bicyclic) bond motifs is 1. The van der Waals surface area contributed by atoms with Gasteiger partial charge in [-0.2, -0.15) is 18.3 Å². The molecule has 2 aliphatic rings. The van der Waals surface area contributed by atoms with Crippen LogP contribution in [0.2, 0.25) is 0 Å². The Morgan fingerprint density at radius 2 is 1.82 bits per heavy atom. The molecule has 2 aromatic rings. The summed E-state index contributed by atoms with van der Waals surface area (Å²) in [5.41, 5.74) is 0.754. The van der Waals surface area contributed by atoms with Gasteiger partial charge in [-0.25, -0.2) is 4.39 Å². The fourth-order valence-corrected chi connectivity index (χ4v) is 4.34. The molecule has 1 aromatic heterocycles. The molecule has 1 aromatic carbocycles. The number of hydrogen-bond acceptors (Lipinski definition) is 2. The van der Waals surface area contributed by atoms with Crippen LogP contribution in [0, 0.1) is 5.82 Å². The fourth-order valence-electron chi connectivity index (χ4n) is 4.34. The number of aromatic nitrogens is 2. The van der Waals surface area contributed by atoms with E-state index in [1.165, 1.54) is 16.8 Å². The zero-order valence-electron chi connectivity index (χ0n) is 15.3. The molecule has 0 bridgehead atoms. The predicted molar refractivity (Wildman–Crippen MR) is 94.0 cm³/mol. The Kier molecular flexibility index (Phi) is 4.89. The molecular formula is C20H21F4N3O. The molecule has 8 heteroatoms. The van der Waals surface area contributed by atoms with Gasteiger partial charge in [0.2, 0.25) is 5.91 Å². The van der Waals surface area contributed by atoms with Crippen molar-refractivity contribution in [2.45, 2.75) is 57.3 Å². The minimum Gasteiger partial charge on any atom is -0.334 e. The third-order valence-corrected chi connectivity index (χ3v) is 5.64. The molecule has 28 heavy (non-hydrogen) atoms. The first-order chi connectivity index (χ1) is 13.3. The molecule has 0 unspecified atom stereocenters. The second-order valence-electron chi connectivity index (χ2n) is 7.43. The zero-order chi connectivity index (χ0) is 19.9. The number of amides is 1. The Balaban J connectivity index is 1.58. The Labute approximate surface area is 160 Å². The first-order valence-electron chi connectivity index (χ1n) is 9.55. The molecule has 2 heterocycles. The smallest absolute Gasteiger partial charge is 0.334 e. The topological polar surface area (TPSA) is 38.1 Å². The number of carbonyl (C=O) groups excluding carboxylic acids is 1.